The summed E-state index contributed by atoms with van der Waals surface area (Å²) in [7, 11) is 0. The molecule has 2 fully saturated rings. The number of amides is 2. The van der Waals surface area contributed by atoms with Crippen LogP contribution in [0.1, 0.15) is 53.9 Å². The van der Waals surface area contributed by atoms with Gasteiger partial charge >= 0.3 is 0 Å². The van der Waals surface area contributed by atoms with E-state index in [4.69, 9.17) is 0 Å². The summed E-state index contributed by atoms with van der Waals surface area (Å²) >= 11 is 0. The Balaban J connectivity index is 2.33. The molecule has 0 bridgehead atoms. The van der Waals surface area contributed by atoms with Gasteiger partial charge in [-0.2, -0.15) is 5.06 Å². The molecule has 0 saturated carbocycles. The minimum atomic E-state index is -0.614. The van der Waals surface area contributed by atoms with E-state index < -0.39 is 11.1 Å². The first-order valence-corrected chi connectivity index (χ1v) is 6.98. The highest BCUT2D eigenvalue weighted by Gasteiger charge is 2.57. The van der Waals surface area contributed by atoms with Crippen molar-refractivity contribution < 1.29 is 14.8 Å². The van der Waals surface area contributed by atoms with Crippen molar-refractivity contribution in [1.29, 1.82) is 0 Å². The van der Waals surface area contributed by atoms with E-state index in [9.17, 15) is 14.8 Å². The van der Waals surface area contributed by atoms with Crippen LogP contribution in [0.25, 0.3) is 0 Å². The van der Waals surface area contributed by atoms with Crippen molar-refractivity contribution in [3.63, 3.8) is 0 Å². The minimum absolute atomic E-state index is 0.0725. The van der Waals surface area contributed by atoms with Gasteiger partial charge in [-0.3, -0.25) is 14.5 Å². The Labute approximate surface area is 114 Å². The molecule has 2 aliphatic heterocycles. The first-order chi connectivity index (χ1) is 8.63. The average Bonchev–Trinajstić information content (AvgIpc) is 2.67. The highest BCUT2D eigenvalue weighted by atomic mass is 16.5. The molecule has 2 saturated heterocycles. The van der Waals surface area contributed by atoms with Crippen LogP contribution in [0, 0.1) is 5.92 Å². The molecule has 108 valence electrons. The maximum atomic E-state index is 12.3. The zero-order chi connectivity index (χ0) is 14.6. The second-order valence-corrected chi connectivity index (χ2v) is 6.91. The second-order valence-electron chi connectivity index (χ2n) is 6.91. The summed E-state index contributed by atoms with van der Waals surface area (Å²) in [5.41, 5.74) is -1.05. The lowest BCUT2D eigenvalue weighted by Gasteiger charge is -2.38. The van der Waals surface area contributed by atoms with Crippen molar-refractivity contribution in [2.75, 3.05) is 0 Å². The zero-order valence-corrected chi connectivity index (χ0v) is 12.4. The largest absolute Gasteiger partial charge is 0.313 e. The molecule has 2 unspecified atom stereocenters. The molecular formula is C14H24N2O3. The molecule has 19 heavy (non-hydrogen) atoms. The van der Waals surface area contributed by atoms with Crippen LogP contribution in [0.2, 0.25) is 0 Å². The van der Waals surface area contributed by atoms with E-state index in [1.807, 2.05) is 34.6 Å². The topological polar surface area (TPSA) is 60.9 Å². The third-order valence-electron chi connectivity index (χ3n) is 4.71. The van der Waals surface area contributed by atoms with Crippen LogP contribution in [0.4, 0.5) is 0 Å². The smallest absolute Gasteiger partial charge is 0.233 e. The van der Waals surface area contributed by atoms with Crippen LogP contribution in [-0.2, 0) is 9.59 Å². The molecule has 0 aromatic rings. The lowest BCUT2D eigenvalue weighted by atomic mass is 9.93. The van der Waals surface area contributed by atoms with Gasteiger partial charge < -0.3 is 5.21 Å². The monoisotopic (exact) mass is 268 g/mol. The van der Waals surface area contributed by atoms with Gasteiger partial charge in [0, 0.05) is 17.9 Å². The molecule has 2 rings (SSSR count). The lowest BCUT2D eigenvalue weighted by molar-refractivity contribution is -0.198. The summed E-state index contributed by atoms with van der Waals surface area (Å²) in [5.74, 6) is -0.350. The van der Waals surface area contributed by atoms with E-state index in [0.717, 1.165) is 0 Å². The molecule has 0 radical (unpaired) electrons. The second kappa shape index (κ2) is 4.28. The van der Waals surface area contributed by atoms with Gasteiger partial charge in [-0.25, -0.2) is 0 Å². The maximum absolute atomic E-state index is 12.3. The number of hydrogen-bond donors (Lipinski definition) is 1. The SMILES string of the molecule is CCC1CC(=O)N(C2CC(C)(C)N(O)C2(C)C)C1=O. The first kappa shape index (κ1) is 14.5. The summed E-state index contributed by atoms with van der Waals surface area (Å²) in [4.78, 5) is 25.9. The van der Waals surface area contributed by atoms with Gasteiger partial charge in [-0.05, 0) is 40.5 Å². The maximum Gasteiger partial charge on any atom is 0.233 e. The van der Waals surface area contributed by atoms with E-state index in [0.29, 0.717) is 19.3 Å². The fourth-order valence-electron chi connectivity index (χ4n) is 3.50. The Bertz CT molecular complexity index is 417. The fraction of sp³-hybridized carbons (Fsp3) is 0.857. The van der Waals surface area contributed by atoms with Crippen LogP contribution < -0.4 is 0 Å². The highest BCUT2D eigenvalue weighted by Crippen LogP contribution is 2.43. The van der Waals surface area contributed by atoms with Crippen LogP contribution in [0.15, 0.2) is 0 Å². The number of hydroxylamine groups is 2. The summed E-state index contributed by atoms with van der Waals surface area (Å²) in [6.45, 7) is 9.55. The van der Waals surface area contributed by atoms with E-state index in [1.165, 1.54) is 9.96 Å². The lowest BCUT2D eigenvalue weighted by Crippen LogP contribution is -2.54. The van der Waals surface area contributed by atoms with Gasteiger partial charge in [0.2, 0.25) is 11.8 Å². The standard InChI is InChI=1S/C14H24N2O3/c1-6-9-7-11(17)15(12(9)18)10-8-13(2,3)16(19)14(10,4)5/h9-10,19H,6-8H2,1-5H3. The number of nitrogens with zero attached hydrogens (tertiary/aromatic N) is 2. The Kier molecular flexibility index (Phi) is 3.26. The fourth-order valence-corrected chi connectivity index (χ4v) is 3.50. The van der Waals surface area contributed by atoms with Crippen molar-refractivity contribution in [2.24, 2.45) is 5.92 Å². The van der Waals surface area contributed by atoms with Crippen LogP contribution in [-0.4, -0.2) is 44.1 Å². The van der Waals surface area contributed by atoms with Crippen LogP contribution in [0.5, 0.6) is 0 Å². The number of likely N-dealkylation sites (tertiary alicyclic amines) is 1. The molecule has 2 atom stereocenters. The molecule has 2 aliphatic rings. The average molecular weight is 268 g/mol. The number of carbonyl (C=O) groups excluding carboxylic acids is 2. The Morgan fingerprint density at radius 1 is 1.26 bits per heavy atom. The normalized spacial score (nSPS) is 34.3. The first-order valence-electron chi connectivity index (χ1n) is 6.98. The van der Waals surface area contributed by atoms with Gasteiger partial charge in [-0.15, -0.1) is 0 Å². The number of rotatable bonds is 2. The van der Waals surface area contributed by atoms with Gasteiger partial charge in [0.15, 0.2) is 0 Å². The number of carbonyl (C=O) groups is 2. The third kappa shape index (κ3) is 1.99. The van der Waals surface area contributed by atoms with Crippen molar-refractivity contribution in [2.45, 2.75) is 71.0 Å². The van der Waals surface area contributed by atoms with E-state index in [1.54, 1.807) is 0 Å². The van der Waals surface area contributed by atoms with E-state index in [2.05, 4.69) is 0 Å². The van der Waals surface area contributed by atoms with E-state index >= 15 is 0 Å². The summed E-state index contributed by atoms with van der Waals surface area (Å²) in [6.07, 6.45) is 1.61. The highest BCUT2D eigenvalue weighted by molar-refractivity contribution is 6.04. The van der Waals surface area contributed by atoms with Crippen LogP contribution >= 0.6 is 0 Å². The third-order valence-corrected chi connectivity index (χ3v) is 4.71. The van der Waals surface area contributed by atoms with Crippen LogP contribution in [0.3, 0.4) is 0 Å². The number of imide groups is 1. The van der Waals surface area contributed by atoms with E-state index in [-0.39, 0.29) is 23.8 Å². The predicted octanol–water partition coefficient (Wildman–Crippen LogP) is 1.79. The van der Waals surface area contributed by atoms with Gasteiger partial charge in [0.25, 0.3) is 0 Å². The summed E-state index contributed by atoms with van der Waals surface area (Å²) < 4.78 is 0. The molecular weight excluding hydrogens is 244 g/mol. The van der Waals surface area contributed by atoms with Crippen molar-refractivity contribution in [3.05, 3.63) is 0 Å². The molecule has 5 nitrogen and oxygen atoms in total. The quantitative estimate of drug-likeness (QED) is 0.776. The Morgan fingerprint density at radius 3 is 2.21 bits per heavy atom. The van der Waals surface area contributed by atoms with Gasteiger partial charge in [0.1, 0.15) is 0 Å². The number of hydrogen-bond acceptors (Lipinski definition) is 4. The molecule has 2 heterocycles. The summed E-state index contributed by atoms with van der Waals surface area (Å²) in [6, 6.07) is -0.260. The molecule has 0 aromatic carbocycles. The Hall–Kier alpha value is -0.940. The van der Waals surface area contributed by atoms with Crippen molar-refractivity contribution in [1.82, 2.24) is 9.96 Å². The van der Waals surface area contributed by atoms with Crippen molar-refractivity contribution in [3.8, 4) is 0 Å². The molecule has 0 spiro atoms. The van der Waals surface area contributed by atoms with Crippen molar-refractivity contribution >= 4 is 11.8 Å². The molecule has 5 heteroatoms. The van der Waals surface area contributed by atoms with Gasteiger partial charge in [-0.1, -0.05) is 6.92 Å². The molecule has 2 amide bonds. The molecule has 0 aromatic heterocycles. The minimum Gasteiger partial charge on any atom is -0.313 e. The zero-order valence-electron chi connectivity index (χ0n) is 12.4. The predicted molar refractivity (Wildman–Crippen MR) is 70.4 cm³/mol. The summed E-state index contributed by atoms with van der Waals surface area (Å²) in [5, 5.41) is 11.6. The Morgan fingerprint density at radius 2 is 1.84 bits per heavy atom. The molecule has 1 N–H and O–H groups in total. The molecule has 0 aliphatic carbocycles. The van der Waals surface area contributed by atoms with Gasteiger partial charge in [0.05, 0.1) is 11.6 Å².